The quantitative estimate of drug-likeness (QED) is 0.907. The Labute approximate surface area is 128 Å². The third-order valence-electron chi connectivity index (χ3n) is 4.48. The highest BCUT2D eigenvalue weighted by Gasteiger charge is 2.50. The molecule has 112 valence electrons. The van der Waals surface area contributed by atoms with Gasteiger partial charge in [-0.3, -0.25) is 9.59 Å². The molecule has 1 aromatic carbocycles. The lowest BCUT2D eigenvalue weighted by Gasteiger charge is -2.23. The molecule has 0 spiro atoms. The molecule has 0 saturated carbocycles. The van der Waals surface area contributed by atoms with Gasteiger partial charge in [0.2, 0.25) is 5.91 Å². The average Bonchev–Trinajstić information content (AvgIpc) is 3.06. The average molecular weight is 305 g/mol. The number of hydrogen-bond donors (Lipinski definition) is 1. The Morgan fingerprint density at radius 3 is 2.67 bits per heavy atom. The maximum Gasteiger partial charge on any atom is 0.308 e. The lowest BCUT2D eigenvalue weighted by molar-refractivity contribution is -0.143. The predicted molar refractivity (Wildman–Crippen MR) is 82.0 cm³/mol. The second-order valence-corrected chi connectivity index (χ2v) is 6.74. The summed E-state index contributed by atoms with van der Waals surface area (Å²) in [6.07, 6.45) is 2.44. The van der Waals surface area contributed by atoms with Crippen LogP contribution in [-0.4, -0.2) is 39.7 Å². The smallest absolute Gasteiger partial charge is 0.308 e. The van der Waals surface area contributed by atoms with Gasteiger partial charge in [0.15, 0.2) is 0 Å². The Hall–Kier alpha value is -1.49. The van der Waals surface area contributed by atoms with Crippen LogP contribution < -0.4 is 0 Å². The molecule has 0 radical (unpaired) electrons. The van der Waals surface area contributed by atoms with Crippen molar-refractivity contribution < 1.29 is 14.7 Å². The minimum absolute atomic E-state index is 0.0719. The van der Waals surface area contributed by atoms with Crippen LogP contribution in [0.1, 0.15) is 24.8 Å². The molecule has 3 unspecified atom stereocenters. The number of fused-ring (bicyclic) bond motifs is 2. The summed E-state index contributed by atoms with van der Waals surface area (Å²) < 4.78 is 0. The monoisotopic (exact) mass is 305 g/mol. The first-order chi connectivity index (χ1) is 10.2. The summed E-state index contributed by atoms with van der Waals surface area (Å²) in [4.78, 5) is 25.5. The summed E-state index contributed by atoms with van der Waals surface area (Å²) in [6.45, 7) is 0. The zero-order valence-corrected chi connectivity index (χ0v) is 12.6. The molecule has 1 N–H and O–H groups in total. The number of rotatable bonds is 5. The summed E-state index contributed by atoms with van der Waals surface area (Å²) in [5, 5.41) is 9.22. The van der Waals surface area contributed by atoms with Gasteiger partial charge in [-0.2, -0.15) is 0 Å². The van der Waals surface area contributed by atoms with Crippen molar-refractivity contribution in [3.63, 3.8) is 0 Å². The predicted octanol–water partition coefficient (Wildman–Crippen LogP) is 2.38. The fraction of sp³-hybridized carbons (Fsp3) is 0.500. The van der Waals surface area contributed by atoms with Gasteiger partial charge in [-0.05, 0) is 24.8 Å². The molecule has 2 bridgehead atoms. The minimum atomic E-state index is -0.753. The summed E-state index contributed by atoms with van der Waals surface area (Å²) in [7, 11) is 0. The maximum atomic E-state index is 12.4. The van der Waals surface area contributed by atoms with E-state index in [0.29, 0.717) is 12.2 Å². The SMILES string of the molecule is O=C(O)C1CC2CCC1N2C(=O)CSCc1ccccc1. The third kappa shape index (κ3) is 2.93. The minimum Gasteiger partial charge on any atom is -0.481 e. The second-order valence-electron chi connectivity index (χ2n) is 5.76. The summed E-state index contributed by atoms with van der Waals surface area (Å²) >= 11 is 1.60. The molecule has 2 fully saturated rings. The molecular formula is C16H19NO3S. The normalized spacial score (nSPS) is 27.0. The highest BCUT2D eigenvalue weighted by molar-refractivity contribution is 7.99. The van der Waals surface area contributed by atoms with E-state index in [4.69, 9.17) is 0 Å². The van der Waals surface area contributed by atoms with Crippen molar-refractivity contribution in [1.29, 1.82) is 0 Å². The maximum absolute atomic E-state index is 12.4. The lowest BCUT2D eigenvalue weighted by Crippen LogP contribution is -2.38. The Morgan fingerprint density at radius 2 is 2.00 bits per heavy atom. The first kappa shape index (κ1) is 14.4. The molecule has 2 heterocycles. The number of hydrogen-bond acceptors (Lipinski definition) is 3. The molecular weight excluding hydrogens is 286 g/mol. The van der Waals surface area contributed by atoms with Crippen LogP contribution in [0.25, 0.3) is 0 Å². The number of aliphatic carboxylic acids is 1. The molecule has 2 saturated heterocycles. The van der Waals surface area contributed by atoms with Gasteiger partial charge in [0.25, 0.3) is 0 Å². The Balaban J connectivity index is 1.53. The number of carboxylic acid groups (broad SMARTS) is 1. The van der Waals surface area contributed by atoms with Crippen LogP contribution in [0.2, 0.25) is 0 Å². The van der Waals surface area contributed by atoms with E-state index in [1.54, 1.807) is 11.8 Å². The molecule has 5 heteroatoms. The van der Waals surface area contributed by atoms with Crippen LogP contribution in [0, 0.1) is 5.92 Å². The first-order valence-corrected chi connectivity index (χ1v) is 8.48. The molecule has 1 amide bonds. The van der Waals surface area contributed by atoms with Crippen LogP contribution in [-0.2, 0) is 15.3 Å². The highest BCUT2D eigenvalue weighted by atomic mass is 32.2. The van der Waals surface area contributed by atoms with E-state index < -0.39 is 5.97 Å². The van der Waals surface area contributed by atoms with Crippen LogP contribution in [0.4, 0.5) is 0 Å². The number of carboxylic acids is 1. The number of benzene rings is 1. The highest BCUT2D eigenvalue weighted by Crippen LogP contribution is 2.42. The van der Waals surface area contributed by atoms with Gasteiger partial charge in [-0.25, -0.2) is 0 Å². The fourth-order valence-electron chi connectivity index (χ4n) is 3.55. The fourth-order valence-corrected chi connectivity index (χ4v) is 4.40. The number of carbonyl (C=O) groups excluding carboxylic acids is 1. The second kappa shape index (κ2) is 6.10. The van der Waals surface area contributed by atoms with E-state index in [9.17, 15) is 14.7 Å². The molecule has 3 rings (SSSR count). The van der Waals surface area contributed by atoms with Crippen LogP contribution >= 0.6 is 11.8 Å². The molecule has 0 aromatic heterocycles. The number of nitrogens with zero attached hydrogens (tertiary/aromatic N) is 1. The summed E-state index contributed by atoms with van der Waals surface area (Å²) in [5.74, 6) is 0.253. The Morgan fingerprint density at radius 1 is 1.24 bits per heavy atom. The van der Waals surface area contributed by atoms with Crippen molar-refractivity contribution in [2.24, 2.45) is 5.92 Å². The van der Waals surface area contributed by atoms with Crippen molar-refractivity contribution in [2.45, 2.75) is 37.1 Å². The first-order valence-electron chi connectivity index (χ1n) is 7.32. The van der Waals surface area contributed by atoms with Crippen LogP contribution in [0.15, 0.2) is 30.3 Å². The lowest BCUT2D eigenvalue weighted by atomic mass is 9.89. The topological polar surface area (TPSA) is 57.6 Å². The van der Waals surface area contributed by atoms with Crippen LogP contribution in [0.5, 0.6) is 0 Å². The van der Waals surface area contributed by atoms with Crippen molar-refractivity contribution in [3.8, 4) is 0 Å². The molecule has 1 aromatic rings. The molecule has 2 aliphatic rings. The zero-order valence-electron chi connectivity index (χ0n) is 11.8. The van der Waals surface area contributed by atoms with Gasteiger partial charge >= 0.3 is 5.97 Å². The molecule has 3 atom stereocenters. The van der Waals surface area contributed by atoms with Crippen molar-refractivity contribution in [3.05, 3.63) is 35.9 Å². The summed E-state index contributed by atoms with van der Waals surface area (Å²) in [5.41, 5.74) is 1.21. The summed E-state index contributed by atoms with van der Waals surface area (Å²) in [6, 6.07) is 10.2. The van der Waals surface area contributed by atoms with Crippen molar-refractivity contribution >= 4 is 23.6 Å². The van der Waals surface area contributed by atoms with Crippen LogP contribution in [0.3, 0.4) is 0 Å². The van der Waals surface area contributed by atoms with E-state index in [-0.39, 0.29) is 23.9 Å². The van der Waals surface area contributed by atoms with E-state index >= 15 is 0 Å². The number of carbonyl (C=O) groups is 2. The number of thioether (sulfide) groups is 1. The third-order valence-corrected chi connectivity index (χ3v) is 5.47. The van der Waals surface area contributed by atoms with Crippen molar-refractivity contribution in [1.82, 2.24) is 4.90 Å². The molecule has 0 aliphatic carbocycles. The van der Waals surface area contributed by atoms with E-state index in [1.165, 1.54) is 5.56 Å². The molecule has 21 heavy (non-hydrogen) atoms. The van der Waals surface area contributed by atoms with Gasteiger partial charge < -0.3 is 10.0 Å². The molecule has 4 nitrogen and oxygen atoms in total. The van der Waals surface area contributed by atoms with Gasteiger partial charge in [0.05, 0.1) is 11.7 Å². The Bertz CT molecular complexity index is 534. The van der Waals surface area contributed by atoms with Gasteiger partial charge in [0, 0.05) is 17.8 Å². The van der Waals surface area contributed by atoms with E-state index in [0.717, 1.165) is 18.6 Å². The zero-order chi connectivity index (χ0) is 14.8. The van der Waals surface area contributed by atoms with Gasteiger partial charge in [-0.15, -0.1) is 11.8 Å². The number of amides is 1. The van der Waals surface area contributed by atoms with E-state index in [2.05, 4.69) is 12.1 Å². The largest absolute Gasteiger partial charge is 0.481 e. The molecule has 2 aliphatic heterocycles. The van der Waals surface area contributed by atoms with Crippen molar-refractivity contribution in [2.75, 3.05) is 5.75 Å². The standard InChI is InChI=1S/C16H19NO3S/c18-15(10-21-9-11-4-2-1-3-5-11)17-12-6-7-14(17)13(8-12)16(19)20/h1-5,12-14H,6-10H2,(H,19,20). The Kier molecular flexibility index (Phi) is 4.19. The van der Waals surface area contributed by atoms with Gasteiger partial charge in [0.1, 0.15) is 0 Å². The van der Waals surface area contributed by atoms with Gasteiger partial charge in [-0.1, -0.05) is 30.3 Å². The van der Waals surface area contributed by atoms with E-state index in [1.807, 2.05) is 23.1 Å².